The molecule has 1 aromatic rings. The number of nitrogens with zero attached hydrogens (tertiary/aromatic N) is 1. The van der Waals surface area contributed by atoms with E-state index in [1.807, 2.05) is 13.8 Å². The molecule has 0 bridgehead atoms. The van der Waals surface area contributed by atoms with Crippen molar-refractivity contribution < 1.29 is 9.90 Å². The van der Waals surface area contributed by atoms with E-state index in [4.69, 9.17) is 12.2 Å². The van der Waals surface area contributed by atoms with Gasteiger partial charge in [0.2, 0.25) is 0 Å². The van der Waals surface area contributed by atoms with Crippen molar-refractivity contribution in [3.8, 4) is 0 Å². The van der Waals surface area contributed by atoms with Crippen molar-refractivity contribution in [2.45, 2.75) is 19.9 Å². The Labute approximate surface area is 111 Å². The van der Waals surface area contributed by atoms with Crippen LogP contribution in [0.1, 0.15) is 29.8 Å². The highest BCUT2D eigenvalue weighted by atomic mass is 32.1. The Morgan fingerprint density at radius 1 is 1.44 bits per heavy atom. The van der Waals surface area contributed by atoms with Crippen LogP contribution in [0.4, 0.5) is 0 Å². The van der Waals surface area contributed by atoms with Crippen LogP contribution >= 0.6 is 12.2 Å². The Bertz CT molecular complexity index is 472. The number of hydrogen-bond acceptors (Lipinski definition) is 4. The minimum atomic E-state index is -1.24. The number of nitrogens with one attached hydrogen (secondary N) is 2. The zero-order chi connectivity index (χ0) is 13.5. The first kappa shape index (κ1) is 14.1. The molecule has 1 aromatic carbocycles. The molecule has 0 amide bonds. The van der Waals surface area contributed by atoms with Crippen molar-refractivity contribution in [3.05, 3.63) is 35.4 Å². The number of hydrogen-bond donors (Lipinski definition) is 2. The van der Waals surface area contributed by atoms with Crippen LogP contribution in [0.2, 0.25) is 0 Å². The van der Waals surface area contributed by atoms with E-state index in [2.05, 4.69) is 15.8 Å². The zero-order valence-electron chi connectivity index (χ0n) is 10.1. The van der Waals surface area contributed by atoms with Crippen molar-refractivity contribution in [2.75, 3.05) is 0 Å². The van der Waals surface area contributed by atoms with E-state index in [0.29, 0.717) is 10.7 Å². The van der Waals surface area contributed by atoms with Gasteiger partial charge >= 0.3 is 0 Å². The monoisotopic (exact) mass is 264 g/mol. The summed E-state index contributed by atoms with van der Waals surface area (Å²) in [5.41, 5.74) is 3.15. The Hall–Kier alpha value is -1.95. The number of rotatable bonds is 4. The lowest BCUT2D eigenvalue weighted by Crippen LogP contribution is -2.36. The lowest BCUT2D eigenvalue weighted by atomic mass is 10.1. The third kappa shape index (κ3) is 4.50. The maximum atomic E-state index is 10.8. The molecule has 0 heterocycles. The SMILES string of the molecule is CC(C)NC(=S)N/N=C\c1ccccc1C(=O)[O-]. The molecule has 0 fully saturated rings. The molecule has 0 saturated heterocycles. The Morgan fingerprint density at radius 3 is 2.72 bits per heavy atom. The molecule has 0 aliphatic carbocycles. The second kappa shape index (κ2) is 6.70. The summed E-state index contributed by atoms with van der Waals surface area (Å²) in [6.45, 7) is 3.90. The van der Waals surface area contributed by atoms with E-state index in [1.165, 1.54) is 12.3 Å². The van der Waals surface area contributed by atoms with Crippen LogP contribution in [0, 0.1) is 0 Å². The number of carboxylic acids is 1. The molecule has 0 atom stereocenters. The van der Waals surface area contributed by atoms with Gasteiger partial charge in [0.05, 0.1) is 12.2 Å². The lowest BCUT2D eigenvalue weighted by molar-refractivity contribution is -0.255. The van der Waals surface area contributed by atoms with E-state index in [1.54, 1.807) is 18.2 Å². The van der Waals surface area contributed by atoms with E-state index >= 15 is 0 Å². The van der Waals surface area contributed by atoms with E-state index in [9.17, 15) is 9.90 Å². The first-order chi connectivity index (χ1) is 8.50. The quantitative estimate of drug-likeness (QED) is 0.463. The molecule has 0 radical (unpaired) electrons. The van der Waals surface area contributed by atoms with E-state index in [0.717, 1.165) is 0 Å². The Morgan fingerprint density at radius 2 is 2.11 bits per heavy atom. The minimum Gasteiger partial charge on any atom is -0.545 e. The number of carbonyl (C=O) groups is 1. The molecule has 0 aromatic heterocycles. The van der Waals surface area contributed by atoms with Gasteiger partial charge in [-0.1, -0.05) is 24.3 Å². The van der Waals surface area contributed by atoms with Crippen LogP contribution < -0.4 is 15.8 Å². The van der Waals surface area contributed by atoms with Gasteiger partial charge in [-0.05, 0) is 26.1 Å². The first-order valence-corrected chi connectivity index (χ1v) is 5.81. The molecule has 96 valence electrons. The molecular formula is C12H14N3O2S-. The third-order valence-corrected chi connectivity index (χ3v) is 2.18. The predicted octanol–water partition coefficient (Wildman–Crippen LogP) is 0.256. The fourth-order valence-electron chi connectivity index (χ4n) is 1.25. The minimum absolute atomic E-state index is 0.0887. The number of carboxylic acid groups (broad SMARTS) is 1. The molecule has 2 N–H and O–H groups in total. The summed E-state index contributed by atoms with van der Waals surface area (Å²) >= 11 is 4.97. The van der Waals surface area contributed by atoms with Crippen LogP contribution in [0.15, 0.2) is 29.4 Å². The van der Waals surface area contributed by atoms with Crippen molar-refractivity contribution in [3.63, 3.8) is 0 Å². The number of aromatic carboxylic acids is 1. The number of hydrazone groups is 1. The molecule has 0 aliphatic heterocycles. The second-order valence-electron chi connectivity index (χ2n) is 3.87. The van der Waals surface area contributed by atoms with Crippen molar-refractivity contribution in [2.24, 2.45) is 5.10 Å². The standard InChI is InChI=1S/C12H15N3O2S/c1-8(2)14-12(18)15-13-7-9-5-3-4-6-10(9)11(16)17/h3-8H,1-2H3,(H,16,17)(H2,14,15,18)/p-1/b13-7-. The number of carbonyl (C=O) groups excluding carboxylic acids is 1. The second-order valence-corrected chi connectivity index (χ2v) is 4.28. The van der Waals surface area contributed by atoms with Gasteiger partial charge < -0.3 is 15.2 Å². The summed E-state index contributed by atoms with van der Waals surface area (Å²) in [5, 5.41) is 18.0. The van der Waals surface area contributed by atoms with Crippen LogP contribution in [0.5, 0.6) is 0 Å². The molecule has 0 spiro atoms. The molecule has 1 rings (SSSR count). The number of benzene rings is 1. The molecular weight excluding hydrogens is 250 g/mol. The summed E-state index contributed by atoms with van der Waals surface area (Å²) in [5.74, 6) is -1.24. The molecule has 6 heteroatoms. The smallest absolute Gasteiger partial charge is 0.187 e. The predicted molar refractivity (Wildman–Crippen MR) is 72.4 cm³/mol. The van der Waals surface area contributed by atoms with Gasteiger partial charge in [0.25, 0.3) is 0 Å². The fraction of sp³-hybridized carbons (Fsp3) is 0.250. The Balaban J connectivity index is 2.68. The largest absolute Gasteiger partial charge is 0.545 e. The van der Waals surface area contributed by atoms with Crippen molar-refractivity contribution >= 4 is 29.5 Å². The lowest BCUT2D eigenvalue weighted by Gasteiger charge is -2.10. The topological polar surface area (TPSA) is 76.5 Å². The molecule has 0 saturated carbocycles. The number of thiocarbonyl (C=S) groups is 1. The van der Waals surface area contributed by atoms with Gasteiger partial charge in [-0.3, -0.25) is 5.43 Å². The van der Waals surface area contributed by atoms with Gasteiger partial charge in [-0.2, -0.15) is 5.10 Å². The summed E-state index contributed by atoms with van der Waals surface area (Å²) in [4.78, 5) is 10.8. The highest BCUT2D eigenvalue weighted by Gasteiger charge is 1.99. The van der Waals surface area contributed by atoms with Gasteiger partial charge in [0.15, 0.2) is 5.11 Å². The molecule has 5 nitrogen and oxygen atoms in total. The van der Waals surface area contributed by atoms with Crippen LogP contribution in [-0.2, 0) is 0 Å². The molecule has 18 heavy (non-hydrogen) atoms. The highest BCUT2D eigenvalue weighted by molar-refractivity contribution is 7.80. The summed E-state index contributed by atoms with van der Waals surface area (Å²) in [6, 6.07) is 6.64. The van der Waals surface area contributed by atoms with E-state index < -0.39 is 5.97 Å². The normalized spacial score (nSPS) is 10.6. The maximum absolute atomic E-state index is 10.8. The first-order valence-electron chi connectivity index (χ1n) is 5.40. The van der Waals surface area contributed by atoms with Gasteiger partial charge in [0.1, 0.15) is 0 Å². The van der Waals surface area contributed by atoms with E-state index in [-0.39, 0.29) is 11.6 Å². The van der Waals surface area contributed by atoms with Gasteiger partial charge in [-0.15, -0.1) is 0 Å². The third-order valence-electron chi connectivity index (χ3n) is 1.97. The maximum Gasteiger partial charge on any atom is 0.187 e. The summed E-state index contributed by atoms with van der Waals surface area (Å²) in [6.07, 6.45) is 1.39. The molecule has 0 unspecified atom stereocenters. The van der Waals surface area contributed by atoms with Gasteiger partial charge in [-0.25, -0.2) is 0 Å². The Kier molecular flexibility index (Phi) is 5.26. The summed E-state index contributed by atoms with van der Waals surface area (Å²) in [7, 11) is 0. The van der Waals surface area contributed by atoms with Crippen LogP contribution in [0.3, 0.4) is 0 Å². The van der Waals surface area contributed by atoms with Crippen molar-refractivity contribution in [1.29, 1.82) is 0 Å². The average Bonchev–Trinajstić information content (AvgIpc) is 2.28. The summed E-state index contributed by atoms with van der Waals surface area (Å²) < 4.78 is 0. The van der Waals surface area contributed by atoms with Gasteiger partial charge in [0, 0.05) is 17.2 Å². The molecule has 0 aliphatic rings. The van der Waals surface area contributed by atoms with Crippen LogP contribution in [0.25, 0.3) is 0 Å². The fourth-order valence-corrected chi connectivity index (χ4v) is 1.54. The van der Waals surface area contributed by atoms with Crippen LogP contribution in [-0.4, -0.2) is 23.3 Å². The zero-order valence-corrected chi connectivity index (χ0v) is 11.0. The average molecular weight is 264 g/mol. The van der Waals surface area contributed by atoms with Crippen molar-refractivity contribution in [1.82, 2.24) is 10.7 Å². The highest BCUT2D eigenvalue weighted by Crippen LogP contribution is 2.04.